The van der Waals surface area contributed by atoms with Gasteiger partial charge in [-0.05, 0) is 6.42 Å². The van der Waals surface area contributed by atoms with Crippen LogP contribution in [0, 0.1) is 11.3 Å². The minimum absolute atomic E-state index is 0.429. The number of primary amides is 1. The minimum Gasteiger partial charge on any atom is -0.361 e. The fourth-order valence-electron chi connectivity index (χ4n) is 0.328. The molecule has 0 rings (SSSR count). The molecule has 0 heterocycles. The summed E-state index contributed by atoms with van der Waals surface area (Å²) < 4.78 is 0. The number of hydrogen-bond donors (Lipinski definition) is 1. The highest BCUT2D eigenvalue weighted by molar-refractivity contribution is 8.13. The maximum absolute atomic E-state index is 10.1. The molecule has 1 atom stereocenters. The summed E-state index contributed by atoms with van der Waals surface area (Å²) in [4.78, 5) is 10.1. The predicted octanol–water partition coefficient (Wildman–Crippen LogP) is 1.32. The van der Waals surface area contributed by atoms with Crippen LogP contribution < -0.4 is 5.73 Å². The topological polar surface area (TPSA) is 66.9 Å². The molecule has 0 aliphatic heterocycles. The van der Waals surface area contributed by atoms with E-state index in [1.165, 1.54) is 0 Å². The van der Waals surface area contributed by atoms with E-state index in [0.717, 1.165) is 11.8 Å². The Kier molecular flexibility index (Phi) is 5.17. The average Bonchev–Trinajstić information content (AvgIpc) is 1.87. The zero-order valence-corrected chi connectivity index (χ0v) is 6.78. The van der Waals surface area contributed by atoms with Gasteiger partial charge < -0.3 is 5.73 Å². The molecule has 2 N–H and O–H groups in total. The van der Waals surface area contributed by atoms with Crippen LogP contribution in [0.2, 0.25) is 0 Å². The van der Waals surface area contributed by atoms with Crippen LogP contribution in [-0.4, -0.2) is 16.4 Å². The van der Waals surface area contributed by atoms with Crippen molar-refractivity contribution in [2.75, 3.05) is 5.75 Å². The summed E-state index contributed by atoms with van der Waals surface area (Å²) in [5.74, 6) is 0.511. The zero-order valence-electron chi connectivity index (χ0n) is 5.21. The van der Waals surface area contributed by atoms with Crippen molar-refractivity contribution in [2.24, 2.45) is 5.73 Å². The second-order valence-corrected chi connectivity index (χ2v) is 3.18. The third-order valence-electron chi connectivity index (χ3n) is 0.756. The number of nitriles is 1. The van der Waals surface area contributed by atoms with Crippen molar-refractivity contribution in [1.29, 1.82) is 5.26 Å². The Morgan fingerprint density at radius 1 is 1.90 bits per heavy atom. The first-order chi connectivity index (χ1) is 4.66. The van der Waals surface area contributed by atoms with Crippen molar-refractivity contribution in [3.63, 3.8) is 0 Å². The molecular formula is C5H7ClN2OS. The van der Waals surface area contributed by atoms with Gasteiger partial charge >= 0.3 is 0 Å². The SMILES string of the molecule is N#CC(Cl)CCSC(N)=O. The van der Waals surface area contributed by atoms with E-state index in [-0.39, 0.29) is 0 Å². The quantitative estimate of drug-likeness (QED) is 0.663. The highest BCUT2D eigenvalue weighted by atomic mass is 35.5. The van der Waals surface area contributed by atoms with Gasteiger partial charge in [0.15, 0.2) is 0 Å². The third-order valence-corrected chi connectivity index (χ3v) is 1.80. The Labute approximate surface area is 68.5 Å². The van der Waals surface area contributed by atoms with Crippen LogP contribution in [0.15, 0.2) is 0 Å². The molecule has 0 fully saturated rings. The summed E-state index contributed by atoms with van der Waals surface area (Å²) in [5.41, 5.74) is 4.82. The second-order valence-electron chi connectivity index (χ2n) is 1.55. The van der Waals surface area contributed by atoms with Crippen LogP contribution >= 0.6 is 23.4 Å². The maximum Gasteiger partial charge on any atom is 0.276 e. The minimum atomic E-state index is -0.508. The van der Waals surface area contributed by atoms with E-state index >= 15 is 0 Å². The third kappa shape index (κ3) is 5.73. The molecule has 1 unspecified atom stereocenters. The number of carbonyl (C=O) groups is 1. The molecule has 0 radical (unpaired) electrons. The molecule has 5 heteroatoms. The van der Waals surface area contributed by atoms with Gasteiger partial charge in [-0.15, -0.1) is 11.6 Å². The first-order valence-electron chi connectivity index (χ1n) is 2.62. The van der Waals surface area contributed by atoms with Gasteiger partial charge in [0.05, 0.1) is 6.07 Å². The van der Waals surface area contributed by atoms with E-state index in [2.05, 4.69) is 0 Å². The molecule has 0 spiro atoms. The Morgan fingerprint density at radius 3 is 2.90 bits per heavy atom. The molecule has 0 aliphatic rings. The predicted molar refractivity (Wildman–Crippen MR) is 41.9 cm³/mol. The van der Waals surface area contributed by atoms with Gasteiger partial charge in [0.25, 0.3) is 5.24 Å². The summed E-state index contributed by atoms with van der Waals surface area (Å²) in [6.45, 7) is 0. The van der Waals surface area contributed by atoms with Crippen molar-refractivity contribution in [1.82, 2.24) is 0 Å². The van der Waals surface area contributed by atoms with Crippen molar-refractivity contribution in [2.45, 2.75) is 11.8 Å². The number of carbonyl (C=O) groups excluding carboxylic acids is 1. The lowest BCUT2D eigenvalue weighted by Crippen LogP contribution is -2.05. The Hall–Kier alpha value is -0.400. The maximum atomic E-state index is 10.1. The van der Waals surface area contributed by atoms with Gasteiger partial charge in [0.1, 0.15) is 5.38 Å². The van der Waals surface area contributed by atoms with Crippen LogP contribution in [0.1, 0.15) is 6.42 Å². The van der Waals surface area contributed by atoms with E-state index in [1.807, 2.05) is 6.07 Å². The van der Waals surface area contributed by atoms with Crippen molar-refractivity contribution < 1.29 is 4.79 Å². The van der Waals surface area contributed by atoms with Crippen LogP contribution in [0.3, 0.4) is 0 Å². The smallest absolute Gasteiger partial charge is 0.276 e. The van der Waals surface area contributed by atoms with Crippen LogP contribution in [0.25, 0.3) is 0 Å². The molecule has 0 aliphatic carbocycles. The molecule has 0 aromatic heterocycles. The Bertz CT molecular complexity index is 156. The number of thioether (sulfide) groups is 1. The fraction of sp³-hybridized carbons (Fsp3) is 0.600. The summed E-state index contributed by atoms with van der Waals surface area (Å²) in [6.07, 6.45) is 0.492. The molecule has 0 aromatic carbocycles. The van der Waals surface area contributed by atoms with Gasteiger partial charge in [-0.2, -0.15) is 5.26 Å². The first kappa shape index (κ1) is 9.60. The van der Waals surface area contributed by atoms with Crippen molar-refractivity contribution in [3.8, 4) is 6.07 Å². The molecule has 3 nitrogen and oxygen atoms in total. The number of nitrogens with two attached hydrogens (primary N) is 1. The van der Waals surface area contributed by atoms with E-state index < -0.39 is 10.6 Å². The van der Waals surface area contributed by atoms with Crippen LogP contribution in [-0.2, 0) is 0 Å². The second kappa shape index (κ2) is 5.39. The summed E-state index contributed by atoms with van der Waals surface area (Å²) in [6, 6.07) is 1.84. The molecule has 0 bridgehead atoms. The first-order valence-corrected chi connectivity index (χ1v) is 4.05. The summed E-state index contributed by atoms with van der Waals surface area (Å²) >= 11 is 6.40. The molecular weight excluding hydrogens is 172 g/mol. The highest BCUT2D eigenvalue weighted by Gasteiger charge is 2.02. The Balaban J connectivity index is 3.22. The standard InChI is InChI=1S/C5H7ClN2OS/c6-4(3-7)1-2-10-5(8)9/h4H,1-2H2,(H2,8,9). The average molecular weight is 179 g/mol. The molecule has 10 heavy (non-hydrogen) atoms. The van der Waals surface area contributed by atoms with Crippen molar-refractivity contribution in [3.05, 3.63) is 0 Å². The monoisotopic (exact) mass is 178 g/mol. The number of rotatable bonds is 3. The van der Waals surface area contributed by atoms with E-state index in [4.69, 9.17) is 22.6 Å². The number of hydrogen-bond acceptors (Lipinski definition) is 3. The van der Waals surface area contributed by atoms with E-state index in [0.29, 0.717) is 12.2 Å². The summed E-state index contributed by atoms with van der Waals surface area (Å²) in [5, 5.41) is 7.26. The van der Waals surface area contributed by atoms with Gasteiger partial charge in [-0.1, -0.05) is 11.8 Å². The molecule has 56 valence electrons. The molecule has 0 saturated heterocycles. The number of amides is 1. The largest absolute Gasteiger partial charge is 0.361 e. The fourth-order valence-corrected chi connectivity index (χ4v) is 1.12. The zero-order chi connectivity index (χ0) is 7.98. The van der Waals surface area contributed by atoms with Crippen LogP contribution in [0.4, 0.5) is 4.79 Å². The summed E-state index contributed by atoms with van der Waals surface area (Å²) in [7, 11) is 0. The highest BCUT2D eigenvalue weighted by Crippen LogP contribution is 2.07. The van der Waals surface area contributed by atoms with Gasteiger partial charge in [0, 0.05) is 5.75 Å². The number of halogens is 1. The van der Waals surface area contributed by atoms with Crippen LogP contribution in [0.5, 0.6) is 0 Å². The molecule has 0 saturated carbocycles. The molecule has 0 aromatic rings. The van der Waals surface area contributed by atoms with Crippen molar-refractivity contribution >= 4 is 28.6 Å². The lowest BCUT2D eigenvalue weighted by atomic mass is 10.4. The van der Waals surface area contributed by atoms with Gasteiger partial charge in [-0.3, -0.25) is 4.79 Å². The van der Waals surface area contributed by atoms with Gasteiger partial charge in [-0.25, -0.2) is 0 Å². The lowest BCUT2D eigenvalue weighted by molar-refractivity contribution is 0.267. The number of nitrogens with zero attached hydrogens (tertiary/aromatic N) is 1. The lowest BCUT2D eigenvalue weighted by Gasteiger charge is -1.95. The normalized spacial score (nSPS) is 12.0. The number of alkyl halides is 1. The van der Waals surface area contributed by atoms with E-state index in [9.17, 15) is 4.79 Å². The Morgan fingerprint density at radius 2 is 2.50 bits per heavy atom. The molecule has 1 amide bonds. The van der Waals surface area contributed by atoms with E-state index in [1.54, 1.807) is 0 Å². The van der Waals surface area contributed by atoms with Gasteiger partial charge in [0.2, 0.25) is 0 Å².